The number of rotatable bonds is 4. The number of hydrogen-bond acceptors (Lipinski definition) is 1. The molecular weight excluding hydrogens is 160 g/mol. The first-order valence-electron chi connectivity index (χ1n) is 5.16. The molecule has 0 fully saturated rings. The maximum absolute atomic E-state index is 5.53. The Hall–Kier alpha value is -0.480. The fraction of sp³-hybridized carbons (Fsp3) is 0.833. The second-order valence-electron chi connectivity index (χ2n) is 4.17. The maximum atomic E-state index is 5.53. The average Bonchev–Trinajstić information content (AvgIpc) is 2.01. The van der Waals surface area contributed by atoms with Gasteiger partial charge in [0.1, 0.15) is 0 Å². The van der Waals surface area contributed by atoms with Gasteiger partial charge in [0, 0.05) is 12.8 Å². The van der Waals surface area contributed by atoms with Crippen molar-refractivity contribution < 1.29 is 4.74 Å². The minimum Gasteiger partial charge on any atom is -0.375 e. The van der Waals surface area contributed by atoms with Crippen LogP contribution < -0.4 is 0 Å². The van der Waals surface area contributed by atoms with Gasteiger partial charge in [0.2, 0.25) is 0 Å². The van der Waals surface area contributed by atoms with Gasteiger partial charge in [-0.05, 0) is 27.2 Å². The van der Waals surface area contributed by atoms with Crippen molar-refractivity contribution >= 4 is 0 Å². The molecule has 0 rings (SSSR count). The van der Waals surface area contributed by atoms with Crippen LogP contribution in [0, 0.1) is 11.8 Å². The van der Waals surface area contributed by atoms with Gasteiger partial charge < -0.3 is 4.74 Å². The van der Waals surface area contributed by atoms with Crippen LogP contribution in [0.4, 0.5) is 0 Å². The largest absolute Gasteiger partial charge is 0.375 e. The summed E-state index contributed by atoms with van der Waals surface area (Å²) in [5, 5.41) is 0. The standard InChI is InChI=1S/C12H22O/c1-5-6-7-8-9-10-11-13-12(2,3)4/h5-7,10-11H2,1-4H3. The Bertz CT molecular complexity index is 166. The van der Waals surface area contributed by atoms with Gasteiger partial charge in [0.15, 0.2) is 0 Å². The van der Waals surface area contributed by atoms with E-state index in [0.29, 0.717) is 0 Å². The van der Waals surface area contributed by atoms with Crippen LogP contribution in [0.1, 0.15) is 53.4 Å². The number of unbranched alkanes of at least 4 members (excludes halogenated alkanes) is 2. The molecule has 0 saturated heterocycles. The summed E-state index contributed by atoms with van der Waals surface area (Å²) in [6.07, 6.45) is 4.34. The van der Waals surface area contributed by atoms with Crippen LogP contribution in [-0.4, -0.2) is 12.2 Å². The van der Waals surface area contributed by atoms with E-state index in [9.17, 15) is 0 Å². The van der Waals surface area contributed by atoms with Crippen LogP contribution in [-0.2, 0) is 4.74 Å². The molecule has 0 aliphatic rings. The van der Waals surface area contributed by atoms with Crippen LogP contribution in [0.15, 0.2) is 0 Å². The van der Waals surface area contributed by atoms with Crippen molar-refractivity contribution in [2.45, 2.75) is 59.0 Å². The minimum absolute atomic E-state index is 0.0227. The maximum Gasteiger partial charge on any atom is 0.0598 e. The third kappa shape index (κ3) is 11.5. The van der Waals surface area contributed by atoms with Gasteiger partial charge in [0.05, 0.1) is 12.2 Å². The zero-order valence-electron chi connectivity index (χ0n) is 9.44. The Morgan fingerprint density at radius 2 is 1.69 bits per heavy atom. The zero-order valence-corrected chi connectivity index (χ0v) is 9.44. The SMILES string of the molecule is CCCCC#CCCOC(C)(C)C. The van der Waals surface area contributed by atoms with Gasteiger partial charge in [-0.1, -0.05) is 13.3 Å². The molecule has 0 aromatic carbocycles. The van der Waals surface area contributed by atoms with Crippen LogP contribution in [0.3, 0.4) is 0 Å². The monoisotopic (exact) mass is 182 g/mol. The summed E-state index contributed by atoms with van der Waals surface area (Å²) >= 11 is 0. The lowest BCUT2D eigenvalue weighted by atomic mass is 10.2. The molecule has 0 heterocycles. The fourth-order valence-corrected chi connectivity index (χ4v) is 0.850. The molecule has 0 radical (unpaired) electrons. The lowest BCUT2D eigenvalue weighted by Crippen LogP contribution is -2.19. The predicted molar refractivity (Wildman–Crippen MR) is 57.6 cm³/mol. The van der Waals surface area contributed by atoms with Crippen molar-refractivity contribution in [1.82, 2.24) is 0 Å². The normalized spacial score (nSPS) is 10.8. The second-order valence-corrected chi connectivity index (χ2v) is 4.17. The highest BCUT2D eigenvalue weighted by atomic mass is 16.5. The molecule has 0 aromatic rings. The molecule has 0 aromatic heterocycles. The summed E-state index contributed by atoms with van der Waals surface area (Å²) in [5.74, 6) is 6.26. The van der Waals surface area contributed by atoms with E-state index in [1.807, 2.05) is 0 Å². The molecule has 0 bridgehead atoms. The molecule has 13 heavy (non-hydrogen) atoms. The van der Waals surface area contributed by atoms with Crippen molar-refractivity contribution in [1.29, 1.82) is 0 Å². The van der Waals surface area contributed by atoms with Crippen LogP contribution in [0.25, 0.3) is 0 Å². The third-order valence-electron chi connectivity index (χ3n) is 1.54. The van der Waals surface area contributed by atoms with Gasteiger partial charge in [-0.25, -0.2) is 0 Å². The van der Waals surface area contributed by atoms with Gasteiger partial charge in [-0.2, -0.15) is 0 Å². The van der Waals surface area contributed by atoms with Crippen molar-refractivity contribution in [3.63, 3.8) is 0 Å². The van der Waals surface area contributed by atoms with E-state index in [4.69, 9.17) is 4.74 Å². The minimum atomic E-state index is -0.0227. The van der Waals surface area contributed by atoms with Gasteiger partial charge >= 0.3 is 0 Å². The van der Waals surface area contributed by atoms with E-state index >= 15 is 0 Å². The molecule has 0 aliphatic heterocycles. The second kappa shape index (κ2) is 6.97. The number of hydrogen-bond donors (Lipinski definition) is 0. The highest BCUT2D eigenvalue weighted by Gasteiger charge is 2.07. The van der Waals surface area contributed by atoms with Gasteiger partial charge in [-0.15, -0.1) is 11.8 Å². The van der Waals surface area contributed by atoms with E-state index in [1.54, 1.807) is 0 Å². The smallest absolute Gasteiger partial charge is 0.0598 e. The van der Waals surface area contributed by atoms with Gasteiger partial charge in [0.25, 0.3) is 0 Å². The Kier molecular flexibility index (Phi) is 6.72. The van der Waals surface area contributed by atoms with Crippen molar-refractivity contribution in [3.05, 3.63) is 0 Å². The summed E-state index contributed by atoms with van der Waals surface area (Å²) in [5.41, 5.74) is -0.0227. The Labute approximate surface area is 82.9 Å². The first kappa shape index (κ1) is 12.5. The zero-order chi connectivity index (χ0) is 10.2. The predicted octanol–water partition coefficient (Wildman–Crippen LogP) is 3.39. The molecule has 0 aliphatic carbocycles. The summed E-state index contributed by atoms with van der Waals surface area (Å²) < 4.78 is 5.53. The number of ether oxygens (including phenoxy) is 1. The highest BCUT2D eigenvalue weighted by Crippen LogP contribution is 2.06. The summed E-state index contributed by atoms with van der Waals surface area (Å²) in [6, 6.07) is 0. The molecule has 1 heteroatoms. The first-order chi connectivity index (χ1) is 6.06. The molecule has 0 spiro atoms. The molecule has 1 nitrogen and oxygen atoms in total. The summed E-state index contributed by atoms with van der Waals surface area (Å²) in [4.78, 5) is 0. The van der Waals surface area contributed by atoms with Crippen LogP contribution in [0.5, 0.6) is 0 Å². The van der Waals surface area contributed by atoms with Crippen LogP contribution >= 0.6 is 0 Å². The van der Waals surface area contributed by atoms with E-state index in [0.717, 1.165) is 19.4 Å². The molecule has 0 amide bonds. The highest BCUT2D eigenvalue weighted by molar-refractivity contribution is 4.98. The molecule has 0 atom stereocenters. The molecular formula is C12H22O. The average molecular weight is 182 g/mol. The van der Waals surface area contributed by atoms with E-state index in [1.165, 1.54) is 12.8 Å². The van der Waals surface area contributed by atoms with Gasteiger partial charge in [-0.3, -0.25) is 0 Å². The topological polar surface area (TPSA) is 9.23 Å². The lowest BCUT2D eigenvalue weighted by molar-refractivity contribution is 0.000593. The van der Waals surface area contributed by atoms with Crippen LogP contribution in [0.2, 0.25) is 0 Å². The van der Waals surface area contributed by atoms with E-state index in [2.05, 4.69) is 39.5 Å². The first-order valence-corrected chi connectivity index (χ1v) is 5.16. The molecule has 0 saturated carbocycles. The Morgan fingerprint density at radius 1 is 1.08 bits per heavy atom. The Balaban J connectivity index is 3.28. The summed E-state index contributed by atoms with van der Waals surface area (Å²) in [6.45, 7) is 9.14. The van der Waals surface area contributed by atoms with Crippen molar-refractivity contribution in [3.8, 4) is 11.8 Å². The van der Waals surface area contributed by atoms with Crippen molar-refractivity contribution in [2.24, 2.45) is 0 Å². The molecule has 0 N–H and O–H groups in total. The lowest BCUT2D eigenvalue weighted by Gasteiger charge is -2.18. The van der Waals surface area contributed by atoms with E-state index < -0.39 is 0 Å². The molecule has 0 unspecified atom stereocenters. The fourth-order valence-electron chi connectivity index (χ4n) is 0.850. The Morgan fingerprint density at radius 3 is 2.23 bits per heavy atom. The van der Waals surface area contributed by atoms with E-state index in [-0.39, 0.29) is 5.60 Å². The summed E-state index contributed by atoms with van der Waals surface area (Å²) in [7, 11) is 0. The molecule has 76 valence electrons. The third-order valence-corrected chi connectivity index (χ3v) is 1.54. The van der Waals surface area contributed by atoms with Crippen molar-refractivity contribution in [2.75, 3.05) is 6.61 Å². The quantitative estimate of drug-likeness (QED) is 0.478.